The van der Waals surface area contributed by atoms with Crippen LogP contribution < -0.4 is 10.1 Å². The van der Waals surface area contributed by atoms with Gasteiger partial charge in [0.2, 0.25) is 5.91 Å². The van der Waals surface area contributed by atoms with Crippen LogP contribution >= 0.6 is 11.3 Å². The van der Waals surface area contributed by atoms with Crippen molar-refractivity contribution in [3.63, 3.8) is 0 Å². The Labute approximate surface area is 156 Å². The number of ether oxygens (including phenoxy) is 1. The van der Waals surface area contributed by atoms with Crippen LogP contribution in [0.1, 0.15) is 24.0 Å². The van der Waals surface area contributed by atoms with Gasteiger partial charge in [0.15, 0.2) is 0 Å². The Hall–Kier alpha value is -2.67. The van der Waals surface area contributed by atoms with Crippen LogP contribution in [0.4, 0.5) is 5.69 Å². The summed E-state index contributed by atoms with van der Waals surface area (Å²) < 4.78 is 7.22. The highest BCUT2D eigenvalue weighted by atomic mass is 32.1. The smallest absolute Gasteiger partial charge is 0.230 e. The van der Waals surface area contributed by atoms with E-state index in [-0.39, 0.29) is 12.3 Å². The lowest BCUT2D eigenvalue weighted by atomic mass is 10.2. The van der Waals surface area contributed by atoms with Crippen molar-refractivity contribution in [2.75, 3.05) is 11.9 Å². The number of amides is 1. The fourth-order valence-corrected chi connectivity index (χ4v) is 3.51. The van der Waals surface area contributed by atoms with Gasteiger partial charge >= 0.3 is 0 Å². The second kappa shape index (κ2) is 7.70. The number of hydrogen-bond acceptors (Lipinski definition) is 5. The lowest BCUT2D eigenvalue weighted by Crippen LogP contribution is -2.15. The standard InChI is InChI=1S/C19H22N4O2S/c1-5-25-16-8-6-14(7-9-16)19-20-15(11-26-19)10-17(24)21-18-12(2)22-23(4)13(18)3/h6-9,11H,5,10H2,1-4H3,(H,21,24). The van der Waals surface area contributed by atoms with E-state index in [9.17, 15) is 4.79 Å². The van der Waals surface area contributed by atoms with Crippen molar-refractivity contribution >= 4 is 22.9 Å². The van der Waals surface area contributed by atoms with Crippen molar-refractivity contribution in [3.05, 3.63) is 46.7 Å². The van der Waals surface area contributed by atoms with E-state index in [4.69, 9.17) is 4.74 Å². The second-order valence-corrected chi connectivity index (χ2v) is 6.85. The van der Waals surface area contributed by atoms with Crippen molar-refractivity contribution in [3.8, 4) is 16.3 Å². The number of carbonyl (C=O) groups excluding carboxylic acids is 1. The van der Waals surface area contributed by atoms with Crippen LogP contribution in [0.2, 0.25) is 0 Å². The van der Waals surface area contributed by atoms with E-state index in [1.807, 2.05) is 57.5 Å². The molecule has 0 aliphatic rings. The number of rotatable bonds is 6. The zero-order chi connectivity index (χ0) is 18.7. The first-order valence-corrected chi connectivity index (χ1v) is 9.33. The second-order valence-electron chi connectivity index (χ2n) is 6.00. The third kappa shape index (κ3) is 3.94. The van der Waals surface area contributed by atoms with Crippen LogP contribution in [0, 0.1) is 13.8 Å². The lowest BCUT2D eigenvalue weighted by Gasteiger charge is -2.04. The summed E-state index contributed by atoms with van der Waals surface area (Å²) in [5.74, 6) is 0.752. The third-order valence-corrected chi connectivity index (χ3v) is 5.02. The Morgan fingerprint density at radius 1 is 1.27 bits per heavy atom. The number of aromatic nitrogens is 3. The minimum atomic E-state index is -0.0901. The highest BCUT2D eigenvalue weighted by Gasteiger charge is 2.14. The van der Waals surface area contributed by atoms with Crippen LogP contribution in [-0.4, -0.2) is 27.3 Å². The minimum Gasteiger partial charge on any atom is -0.494 e. The van der Waals surface area contributed by atoms with E-state index in [0.717, 1.165) is 39.1 Å². The van der Waals surface area contributed by atoms with Gasteiger partial charge in [-0.05, 0) is 45.0 Å². The van der Waals surface area contributed by atoms with Crippen LogP contribution in [0.3, 0.4) is 0 Å². The molecule has 0 spiro atoms. The van der Waals surface area contributed by atoms with Crippen molar-refractivity contribution in [1.29, 1.82) is 0 Å². The molecule has 1 N–H and O–H groups in total. The zero-order valence-electron chi connectivity index (χ0n) is 15.4. The van der Waals surface area contributed by atoms with E-state index in [0.29, 0.717) is 6.61 Å². The Morgan fingerprint density at radius 2 is 2.00 bits per heavy atom. The number of aryl methyl sites for hydroxylation is 2. The summed E-state index contributed by atoms with van der Waals surface area (Å²) in [5, 5.41) is 10.1. The summed E-state index contributed by atoms with van der Waals surface area (Å²) in [5.41, 5.74) is 4.30. The van der Waals surface area contributed by atoms with Gasteiger partial charge in [0.1, 0.15) is 10.8 Å². The van der Waals surface area contributed by atoms with Crippen molar-refractivity contribution in [1.82, 2.24) is 14.8 Å². The highest BCUT2D eigenvalue weighted by Crippen LogP contribution is 2.26. The highest BCUT2D eigenvalue weighted by molar-refractivity contribution is 7.13. The summed E-state index contributed by atoms with van der Waals surface area (Å²) in [7, 11) is 1.86. The van der Waals surface area contributed by atoms with E-state index in [2.05, 4.69) is 15.4 Å². The average Bonchev–Trinajstić information content (AvgIpc) is 3.16. The van der Waals surface area contributed by atoms with Crippen LogP contribution in [0.15, 0.2) is 29.6 Å². The van der Waals surface area contributed by atoms with Gasteiger partial charge in [-0.15, -0.1) is 11.3 Å². The molecule has 0 saturated heterocycles. The molecule has 0 radical (unpaired) electrons. The third-order valence-electron chi connectivity index (χ3n) is 4.08. The van der Waals surface area contributed by atoms with Gasteiger partial charge < -0.3 is 10.1 Å². The Balaban J connectivity index is 1.67. The molecule has 6 nitrogen and oxygen atoms in total. The molecule has 3 aromatic rings. The average molecular weight is 370 g/mol. The number of nitrogens with zero attached hydrogens (tertiary/aromatic N) is 3. The number of nitrogens with one attached hydrogen (secondary N) is 1. The number of thiazole rings is 1. The normalized spacial score (nSPS) is 10.8. The molecule has 1 amide bonds. The van der Waals surface area contributed by atoms with E-state index in [1.165, 1.54) is 11.3 Å². The molecule has 0 aliphatic heterocycles. The predicted octanol–water partition coefficient (Wildman–Crippen LogP) is 3.74. The van der Waals surface area contributed by atoms with Crippen LogP contribution in [0.5, 0.6) is 5.75 Å². The fourth-order valence-electron chi connectivity index (χ4n) is 2.68. The molecule has 0 atom stereocenters. The maximum atomic E-state index is 12.4. The number of benzene rings is 1. The lowest BCUT2D eigenvalue weighted by molar-refractivity contribution is -0.115. The first-order valence-electron chi connectivity index (χ1n) is 8.45. The van der Waals surface area contributed by atoms with Gasteiger partial charge in [0.05, 0.1) is 35.8 Å². The first kappa shape index (κ1) is 18.1. The Bertz CT molecular complexity index is 912. The first-order chi connectivity index (χ1) is 12.5. The summed E-state index contributed by atoms with van der Waals surface area (Å²) in [4.78, 5) is 16.9. The van der Waals surface area contributed by atoms with Crippen molar-refractivity contribution in [2.24, 2.45) is 7.05 Å². The SMILES string of the molecule is CCOc1ccc(-c2nc(CC(=O)Nc3c(C)nn(C)c3C)cs2)cc1. The molecule has 26 heavy (non-hydrogen) atoms. The maximum absolute atomic E-state index is 12.4. The maximum Gasteiger partial charge on any atom is 0.230 e. The van der Waals surface area contributed by atoms with Crippen LogP contribution in [0.25, 0.3) is 10.6 Å². The number of carbonyl (C=O) groups is 1. The van der Waals surface area contributed by atoms with Crippen molar-refractivity contribution < 1.29 is 9.53 Å². The van der Waals surface area contributed by atoms with Gasteiger partial charge in [0.25, 0.3) is 0 Å². The topological polar surface area (TPSA) is 69.0 Å². The van der Waals surface area contributed by atoms with Gasteiger partial charge in [-0.25, -0.2) is 4.98 Å². The predicted molar refractivity (Wildman–Crippen MR) is 104 cm³/mol. The van der Waals surface area contributed by atoms with Gasteiger partial charge in [-0.2, -0.15) is 5.10 Å². The molecule has 0 aliphatic carbocycles. The van der Waals surface area contributed by atoms with Crippen LogP contribution in [-0.2, 0) is 18.3 Å². The van der Waals surface area contributed by atoms with Gasteiger partial charge in [-0.1, -0.05) is 0 Å². The molecule has 0 bridgehead atoms. The van der Waals surface area contributed by atoms with E-state index in [1.54, 1.807) is 4.68 Å². The fraction of sp³-hybridized carbons (Fsp3) is 0.316. The molecular formula is C19H22N4O2S. The molecule has 0 unspecified atom stereocenters. The summed E-state index contributed by atoms with van der Waals surface area (Å²) in [6.45, 7) is 6.42. The Kier molecular flexibility index (Phi) is 5.37. The molecule has 1 aromatic carbocycles. The van der Waals surface area contributed by atoms with Gasteiger partial charge in [-0.3, -0.25) is 9.48 Å². The minimum absolute atomic E-state index is 0.0901. The molecule has 0 fully saturated rings. The monoisotopic (exact) mass is 370 g/mol. The summed E-state index contributed by atoms with van der Waals surface area (Å²) in [6, 6.07) is 7.83. The summed E-state index contributed by atoms with van der Waals surface area (Å²) >= 11 is 1.53. The molecule has 0 saturated carbocycles. The molecule has 3 rings (SSSR count). The van der Waals surface area contributed by atoms with E-state index < -0.39 is 0 Å². The number of hydrogen-bond donors (Lipinski definition) is 1. The molecular weight excluding hydrogens is 348 g/mol. The Morgan fingerprint density at radius 3 is 2.62 bits per heavy atom. The van der Waals surface area contributed by atoms with E-state index >= 15 is 0 Å². The molecule has 136 valence electrons. The quantitative estimate of drug-likeness (QED) is 0.718. The molecule has 2 aromatic heterocycles. The summed E-state index contributed by atoms with van der Waals surface area (Å²) in [6.07, 6.45) is 0.237. The van der Waals surface area contributed by atoms with Gasteiger partial charge in [0, 0.05) is 18.0 Å². The van der Waals surface area contributed by atoms with Crippen molar-refractivity contribution in [2.45, 2.75) is 27.2 Å². The largest absolute Gasteiger partial charge is 0.494 e. The number of anilines is 1. The molecule has 2 heterocycles. The zero-order valence-corrected chi connectivity index (χ0v) is 16.2. The molecule has 7 heteroatoms.